The molecule has 0 aliphatic rings. The molecule has 4 aromatic rings. The summed E-state index contributed by atoms with van der Waals surface area (Å²) in [6.45, 7) is 1.70. The topological polar surface area (TPSA) is 16.1 Å². The van der Waals surface area contributed by atoms with Gasteiger partial charge in [-0.05, 0) is 34.8 Å². The van der Waals surface area contributed by atoms with Gasteiger partial charge in [-0.1, -0.05) is 72.8 Å². The lowest BCUT2D eigenvalue weighted by molar-refractivity contribution is 0.793. The Hall–Kier alpha value is -2.65. The van der Waals surface area contributed by atoms with E-state index in [1.807, 2.05) is 0 Å². The van der Waals surface area contributed by atoms with Gasteiger partial charge in [-0.3, -0.25) is 0 Å². The van der Waals surface area contributed by atoms with Crippen molar-refractivity contribution >= 4 is 27.4 Å². The van der Waals surface area contributed by atoms with Crippen LogP contribution in [0.15, 0.2) is 84.9 Å². The van der Waals surface area contributed by atoms with Gasteiger partial charge in [0.2, 0.25) is 0 Å². The summed E-state index contributed by atoms with van der Waals surface area (Å²) in [5, 5.41) is 1.23. The Kier molecular flexibility index (Phi) is 4.26. The minimum absolute atomic E-state index is 0.851. The quantitative estimate of drug-likeness (QED) is 0.480. The van der Waals surface area contributed by atoms with Gasteiger partial charge in [0.25, 0.3) is 0 Å². The summed E-state index contributed by atoms with van der Waals surface area (Å²) in [4.78, 5) is 2.36. The predicted octanol–water partition coefficient (Wildman–Crippen LogP) is 5.50. The fourth-order valence-electron chi connectivity index (χ4n) is 2.91. The number of nitrogens with zero attached hydrogens (tertiary/aromatic N) is 2. The maximum Gasteiger partial charge on any atom is 0.150 e. The van der Waals surface area contributed by atoms with Crippen LogP contribution in [0, 0.1) is 0 Å². The van der Waals surface area contributed by atoms with Gasteiger partial charge in [0.05, 0.1) is 4.70 Å². The van der Waals surface area contributed by atoms with Gasteiger partial charge < -0.3 is 4.90 Å². The molecule has 0 aliphatic carbocycles. The third-order valence-electron chi connectivity index (χ3n) is 4.09. The summed E-state index contributed by atoms with van der Waals surface area (Å²) in [7, 11) is 0. The number of rotatable bonds is 5. The minimum Gasteiger partial charge on any atom is -0.347 e. The lowest BCUT2D eigenvalue weighted by atomic mass is 10.1. The molecule has 0 fully saturated rings. The van der Waals surface area contributed by atoms with Crippen LogP contribution in [0.25, 0.3) is 10.1 Å². The van der Waals surface area contributed by atoms with E-state index in [1.165, 1.54) is 21.2 Å². The van der Waals surface area contributed by atoms with E-state index in [-0.39, 0.29) is 0 Å². The molecule has 24 heavy (non-hydrogen) atoms. The molecule has 1 heterocycles. The molecule has 2 nitrogen and oxygen atoms in total. The maximum absolute atomic E-state index is 4.76. The zero-order chi connectivity index (χ0) is 16.2. The monoisotopic (exact) mass is 330 g/mol. The first-order chi connectivity index (χ1) is 11.9. The summed E-state index contributed by atoms with van der Waals surface area (Å²) in [6.07, 6.45) is 0. The van der Waals surface area contributed by atoms with Gasteiger partial charge in [0.15, 0.2) is 5.82 Å². The highest BCUT2D eigenvalue weighted by Gasteiger charge is 2.15. The first kappa shape index (κ1) is 14.9. The summed E-state index contributed by atoms with van der Waals surface area (Å²) >= 11 is 1.57. The van der Waals surface area contributed by atoms with Gasteiger partial charge in [-0.15, -0.1) is 0 Å². The Morgan fingerprint density at radius 3 is 1.83 bits per heavy atom. The average molecular weight is 330 g/mol. The SMILES string of the molecule is c1ccc(CN(Cc2ccccc2)c2nsc3ccccc23)cc1. The summed E-state index contributed by atoms with van der Waals surface area (Å²) < 4.78 is 5.99. The van der Waals surface area contributed by atoms with E-state index in [9.17, 15) is 0 Å². The van der Waals surface area contributed by atoms with E-state index in [1.54, 1.807) is 11.5 Å². The third kappa shape index (κ3) is 3.17. The number of hydrogen-bond donors (Lipinski definition) is 0. The van der Waals surface area contributed by atoms with Crippen LogP contribution in [0.5, 0.6) is 0 Å². The van der Waals surface area contributed by atoms with Crippen molar-refractivity contribution in [3.05, 3.63) is 96.1 Å². The molecule has 0 radical (unpaired) electrons. The van der Waals surface area contributed by atoms with E-state index in [2.05, 4.69) is 89.8 Å². The van der Waals surface area contributed by atoms with E-state index < -0.39 is 0 Å². The Labute approximate surface area is 146 Å². The van der Waals surface area contributed by atoms with Crippen LogP contribution in [0.3, 0.4) is 0 Å². The van der Waals surface area contributed by atoms with Crippen molar-refractivity contribution in [2.24, 2.45) is 0 Å². The van der Waals surface area contributed by atoms with Gasteiger partial charge in [0, 0.05) is 18.5 Å². The predicted molar refractivity (Wildman–Crippen MR) is 102 cm³/mol. The number of anilines is 1. The molecule has 3 heteroatoms. The second kappa shape index (κ2) is 6.85. The van der Waals surface area contributed by atoms with Crippen LogP contribution in [0.1, 0.15) is 11.1 Å². The van der Waals surface area contributed by atoms with Crippen LogP contribution >= 0.6 is 11.5 Å². The van der Waals surface area contributed by atoms with Crippen molar-refractivity contribution in [1.82, 2.24) is 4.37 Å². The van der Waals surface area contributed by atoms with Crippen LogP contribution in [-0.4, -0.2) is 4.37 Å². The maximum atomic E-state index is 4.76. The molecule has 0 amide bonds. The normalized spacial score (nSPS) is 10.8. The fourth-order valence-corrected chi connectivity index (χ4v) is 3.71. The molecule has 118 valence electrons. The van der Waals surface area contributed by atoms with Crippen LogP contribution in [-0.2, 0) is 13.1 Å². The van der Waals surface area contributed by atoms with E-state index in [4.69, 9.17) is 4.37 Å². The minimum atomic E-state index is 0.851. The van der Waals surface area contributed by atoms with Crippen LogP contribution in [0.4, 0.5) is 5.82 Å². The van der Waals surface area contributed by atoms with Crippen molar-refractivity contribution in [2.75, 3.05) is 4.90 Å². The molecule has 0 unspecified atom stereocenters. The van der Waals surface area contributed by atoms with Crippen molar-refractivity contribution < 1.29 is 0 Å². The molecular weight excluding hydrogens is 312 g/mol. The van der Waals surface area contributed by atoms with Crippen molar-refractivity contribution in [2.45, 2.75) is 13.1 Å². The fraction of sp³-hybridized carbons (Fsp3) is 0.0952. The Morgan fingerprint density at radius 1 is 0.667 bits per heavy atom. The molecule has 0 N–H and O–H groups in total. The van der Waals surface area contributed by atoms with Crippen LogP contribution in [0.2, 0.25) is 0 Å². The first-order valence-corrected chi connectivity index (χ1v) is 8.85. The lowest BCUT2D eigenvalue weighted by Gasteiger charge is -2.23. The second-order valence-electron chi connectivity index (χ2n) is 5.83. The molecule has 0 bridgehead atoms. The first-order valence-electron chi connectivity index (χ1n) is 8.07. The summed E-state index contributed by atoms with van der Waals surface area (Å²) in [5.74, 6) is 1.07. The summed E-state index contributed by atoms with van der Waals surface area (Å²) in [6, 6.07) is 29.6. The van der Waals surface area contributed by atoms with Crippen molar-refractivity contribution in [3.63, 3.8) is 0 Å². The Bertz CT molecular complexity index is 875. The molecule has 3 aromatic carbocycles. The smallest absolute Gasteiger partial charge is 0.150 e. The third-order valence-corrected chi connectivity index (χ3v) is 4.91. The standard InChI is InChI=1S/C21H18N2S/c1-3-9-17(10-4-1)15-23(16-18-11-5-2-6-12-18)21-19-13-7-8-14-20(19)24-22-21/h1-14H,15-16H2. The number of fused-ring (bicyclic) bond motifs is 1. The van der Waals surface area contributed by atoms with Gasteiger partial charge in [-0.25, -0.2) is 0 Å². The molecule has 0 spiro atoms. The highest BCUT2D eigenvalue weighted by Crippen LogP contribution is 2.31. The van der Waals surface area contributed by atoms with Gasteiger partial charge >= 0.3 is 0 Å². The zero-order valence-electron chi connectivity index (χ0n) is 13.3. The second-order valence-corrected chi connectivity index (χ2v) is 6.63. The zero-order valence-corrected chi connectivity index (χ0v) is 14.1. The van der Waals surface area contributed by atoms with Crippen LogP contribution < -0.4 is 4.90 Å². The van der Waals surface area contributed by atoms with E-state index in [0.29, 0.717) is 0 Å². The highest BCUT2D eigenvalue weighted by molar-refractivity contribution is 7.13. The average Bonchev–Trinajstić information content (AvgIpc) is 3.07. The van der Waals surface area contributed by atoms with Crippen molar-refractivity contribution in [3.8, 4) is 0 Å². The van der Waals surface area contributed by atoms with Gasteiger partial charge in [0.1, 0.15) is 0 Å². The molecule has 0 atom stereocenters. The van der Waals surface area contributed by atoms with E-state index in [0.717, 1.165) is 18.9 Å². The molecule has 1 aromatic heterocycles. The number of aromatic nitrogens is 1. The summed E-state index contributed by atoms with van der Waals surface area (Å²) in [5.41, 5.74) is 2.59. The molecular formula is C21H18N2S. The number of hydrogen-bond acceptors (Lipinski definition) is 3. The number of benzene rings is 3. The molecule has 0 saturated heterocycles. The van der Waals surface area contributed by atoms with Crippen molar-refractivity contribution in [1.29, 1.82) is 0 Å². The Morgan fingerprint density at radius 2 is 1.21 bits per heavy atom. The van der Waals surface area contributed by atoms with E-state index >= 15 is 0 Å². The molecule has 0 aliphatic heterocycles. The van der Waals surface area contributed by atoms with Gasteiger partial charge in [-0.2, -0.15) is 4.37 Å². The Balaban J connectivity index is 1.72. The highest BCUT2D eigenvalue weighted by atomic mass is 32.1. The largest absolute Gasteiger partial charge is 0.347 e. The molecule has 4 rings (SSSR count). The molecule has 0 saturated carbocycles. The lowest BCUT2D eigenvalue weighted by Crippen LogP contribution is -2.22.